The Balaban J connectivity index is 1.76. The van der Waals surface area contributed by atoms with Gasteiger partial charge in [-0.3, -0.25) is 0 Å². The van der Waals surface area contributed by atoms with Crippen LogP contribution < -0.4 is 5.32 Å². The van der Waals surface area contributed by atoms with Crippen LogP contribution in [0.2, 0.25) is 0 Å². The van der Waals surface area contributed by atoms with E-state index in [1.165, 1.54) is 35.7 Å². The third-order valence-electron chi connectivity index (χ3n) is 4.46. The fourth-order valence-electron chi connectivity index (χ4n) is 3.05. The highest BCUT2D eigenvalue weighted by molar-refractivity contribution is 9.10. The average Bonchev–Trinajstić information content (AvgIpc) is 2.34. The van der Waals surface area contributed by atoms with Crippen molar-refractivity contribution in [2.75, 3.05) is 0 Å². The SMILES string of the molecule is CCC(C)CC(C)NC1CC(c2ccccc2Br)C1. The van der Waals surface area contributed by atoms with Crippen molar-refractivity contribution in [3.8, 4) is 0 Å². The van der Waals surface area contributed by atoms with Crippen molar-refractivity contribution >= 4 is 15.9 Å². The van der Waals surface area contributed by atoms with Crippen molar-refractivity contribution in [1.29, 1.82) is 0 Å². The zero-order chi connectivity index (χ0) is 13.8. The average molecular weight is 324 g/mol. The Labute approximate surface area is 126 Å². The van der Waals surface area contributed by atoms with Gasteiger partial charge >= 0.3 is 0 Å². The number of hydrogen-bond acceptors (Lipinski definition) is 1. The maximum Gasteiger partial charge on any atom is 0.0210 e. The van der Waals surface area contributed by atoms with E-state index in [9.17, 15) is 0 Å². The van der Waals surface area contributed by atoms with Gasteiger partial charge in [0.1, 0.15) is 0 Å². The Bertz CT molecular complexity index is 398. The molecule has 0 bridgehead atoms. The zero-order valence-electron chi connectivity index (χ0n) is 12.3. The smallest absolute Gasteiger partial charge is 0.0210 e. The summed E-state index contributed by atoms with van der Waals surface area (Å²) in [4.78, 5) is 0. The van der Waals surface area contributed by atoms with Crippen molar-refractivity contribution in [2.24, 2.45) is 5.92 Å². The monoisotopic (exact) mass is 323 g/mol. The second-order valence-corrected chi connectivity index (χ2v) is 7.06. The summed E-state index contributed by atoms with van der Waals surface area (Å²) in [6, 6.07) is 10.0. The van der Waals surface area contributed by atoms with Crippen molar-refractivity contribution < 1.29 is 0 Å². The van der Waals surface area contributed by atoms with E-state index in [2.05, 4.69) is 66.3 Å². The zero-order valence-corrected chi connectivity index (χ0v) is 13.9. The number of rotatable bonds is 6. The van der Waals surface area contributed by atoms with Gasteiger partial charge in [-0.2, -0.15) is 0 Å². The molecule has 1 N–H and O–H groups in total. The van der Waals surface area contributed by atoms with E-state index in [0.29, 0.717) is 6.04 Å². The summed E-state index contributed by atoms with van der Waals surface area (Å²) < 4.78 is 1.27. The molecule has 1 aromatic carbocycles. The summed E-state index contributed by atoms with van der Waals surface area (Å²) in [5.74, 6) is 1.57. The van der Waals surface area contributed by atoms with Gasteiger partial charge in [0.2, 0.25) is 0 Å². The molecule has 0 spiro atoms. The molecule has 2 heteroatoms. The molecule has 1 aliphatic carbocycles. The van der Waals surface area contributed by atoms with Gasteiger partial charge in [0.15, 0.2) is 0 Å². The fourth-order valence-corrected chi connectivity index (χ4v) is 3.66. The molecule has 1 aliphatic rings. The summed E-state index contributed by atoms with van der Waals surface area (Å²) in [7, 11) is 0. The third kappa shape index (κ3) is 4.06. The first-order valence-corrected chi connectivity index (χ1v) is 8.39. The Hall–Kier alpha value is -0.340. The molecule has 0 radical (unpaired) electrons. The van der Waals surface area contributed by atoms with E-state index in [-0.39, 0.29) is 0 Å². The molecule has 0 amide bonds. The van der Waals surface area contributed by atoms with Crippen LogP contribution in [0.4, 0.5) is 0 Å². The minimum absolute atomic E-state index is 0.653. The predicted molar refractivity (Wildman–Crippen MR) is 86.6 cm³/mol. The Morgan fingerprint density at radius 2 is 1.95 bits per heavy atom. The maximum atomic E-state index is 3.79. The van der Waals surface area contributed by atoms with Crippen LogP contribution in [0.15, 0.2) is 28.7 Å². The van der Waals surface area contributed by atoms with Gasteiger partial charge in [0, 0.05) is 16.6 Å². The number of nitrogens with one attached hydrogen (secondary N) is 1. The molecule has 2 unspecified atom stereocenters. The van der Waals surface area contributed by atoms with Gasteiger partial charge < -0.3 is 5.32 Å². The van der Waals surface area contributed by atoms with Crippen LogP contribution in [0.25, 0.3) is 0 Å². The number of hydrogen-bond donors (Lipinski definition) is 1. The summed E-state index contributed by atoms with van der Waals surface area (Å²) in [6.07, 6.45) is 5.16. The van der Waals surface area contributed by atoms with Gasteiger partial charge in [-0.1, -0.05) is 54.4 Å². The lowest BCUT2D eigenvalue weighted by Gasteiger charge is -2.39. The molecule has 1 saturated carbocycles. The van der Waals surface area contributed by atoms with Crippen molar-refractivity contribution in [2.45, 2.75) is 64.5 Å². The largest absolute Gasteiger partial charge is 0.311 e. The van der Waals surface area contributed by atoms with Gasteiger partial charge in [-0.05, 0) is 49.7 Å². The van der Waals surface area contributed by atoms with Crippen molar-refractivity contribution in [3.63, 3.8) is 0 Å². The lowest BCUT2D eigenvalue weighted by atomic mass is 9.75. The molecule has 1 aromatic rings. The first-order valence-electron chi connectivity index (χ1n) is 7.60. The molecular weight excluding hydrogens is 298 g/mol. The Kier molecular flexibility index (Phi) is 5.47. The molecule has 0 heterocycles. The normalized spacial score (nSPS) is 25.7. The topological polar surface area (TPSA) is 12.0 Å². The first-order chi connectivity index (χ1) is 9.10. The van der Waals surface area contributed by atoms with Gasteiger partial charge in [0.25, 0.3) is 0 Å². The molecule has 19 heavy (non-hydrogen) atoms. The van der Waals surface area contributed by atoms with Crippen LogP contribution in [-0.4, -0.2) is 12.1 Å². The first kappa shape index (κ1) is 15.1. The minimum Gasteiger partial charge on any atom is -0.311 e. The lowest BCUT2D eigenvalue weighted by Crippen LogP contribution is -2.45. The van der Waals surface area contributed by atoms with Crippen LogP contribution in [0.1, 0.15) is 57.9 Å². The van der Waals surface area contributed by atoms with Gasteiger partial charge in [0.05, 0.1) is 0 Å². The summed E-state index contributed by atoms with van der Waals surface area (Å²) in [5, 5.41) is 3.79. The fraction of sp³-hybridized carbons (Fsp3) is 0.647. The second kappa shape index (κ2) is 6.90. The summed E-state index contributed by atoms with van der Waals surface area (Å²) in [5.41, 5.74) is 1.48. The van der Waals surface area contributed by atoms with Crippen molar-refractivity contribution in [1.82, 2.24) is 5.32 Å². The van der Waals surface area contributed by atoms with E-state index >= 15 is 0 Å². The molecule has 1 fully saturated rings. The van der Waals surface area contributed by atoms with Crippen molar-refractivity contribution in [3.05, 3.63) is 34.3 Å². The molecule has 2 rings (SSSR count). The van der Waals surface area contributed by atoms with Gasteiger partial charge in [-0.25, -0.2) is 0 Å². The lowest BCUT2D eigenvalue weighted by molar-refractivity contribution is 0.254. The van der Waals surface area contributed by atoms with Crippen LogP contribution >= 0.6 is 15.9 Å². The standard InChI is InChI=1S/C17H26BrN/c1-4-12(2)9-13(3)19-15-10-14(11-15)16-7-5-6-8-17(16)18/h5-8,12-15,19H,4,9-11H2,1-3H3. The van der Waals surface area contributed by atoms with E-state index < -0.39 is 0 Å². The predicted octanol–water partition coefficient (Wildman–Crippen LogP) is 5.11. The Morgan fingerprint density at radius 1 is 1.26 bits per heavy atom. The van der Waals surface area contributed by atoms with E-state index in [1.807, 2.05) is 0 Å². The summed E-state index contributed by atoms with van der Waals surface area (Å²) >= 11 is 3.66. The quantitative estimate of drug-likeness (QED) is 0.767. The van der Waals surface area contributed by atoms with E-state index in [1.54, 1.807) is 0 Å². The van der Waals surface area contributed by atoms with Gasteiger partial charge in [-0.15, -0.1) is 0 Å². The van der Waals surface area contributed by atoms with Crippen LogP contribution in [0.5, 0.6) is 0 Å². The maximum absolute atomic E-state index is 3.79. The van der Waals surface area contributed by atoms with Crippen LogP contribution in [0.3, 0.4) is 0 Å². The molecule has 106 valence electrons. The minimum atomic E-state index is 0.653. The Morgan fingerprint density at radius 3 is 2.58 bits per heavy atom. The van der Waals surface area contributed by atoms with Crippen LogP contribution in [-0.2, 0) is 0 Å². The molecule has 0 aliphatic heterocycles. The molecule has 0 saturated heterocycles. The van der Waals surface area contributed by atoms with E-state index in [4.69, 9.17) is 0 Å². The van der Waals surface area contributed by atoms with Crippen LogP contribution in [0, 0.1) is 5.92 Å². The summed E-state index contributed by atoms with van der Waals surface area (Å²) in [6.45, 7) is 6.96. The molecule has 1 nitrogen and oxygen atoms in total. The highest BCUT2D eigenvalue weighted by Gasteiger charge is 2.31. The third-order valence-corrected chi connectivity index (χ3v) is 5.18. The number of halogens is 1. The second-order valence-electron chi connectivity index (χ2n) is 6.20. The number of benzene rings is 1. The molecular formula is C17H26BrN. The molecule has 2 atom stereocenters. The molecule has 0 aromatic heterocycles. The van der Waals surface area contributed by atoms with E-state index in [0.717, 1.165) is 17.9 Å². The highest BCUT2D eigenvalue weighted by atomic mass is 79.9. The highest BCUT2D eigenvalue weighted by Crippen LogP contribution is 2.40.